The molecule has 1 aliphatic heterocycles. The van der Waals surface area contributed by atoms with Crippen molar-refractivity contribution >= 4 is 5.97 Å². The molecule has 3 aromatic rings. The largest absolute Gasteiger partial charge is 0.487 e. The highest BCUT2D eigenvalue weighted by Gasteiger charge is 2.39. The summed E-state index contributed by atoms with van der Waals surface area (Å²) < 4.78 is 14.1. The van der Waals surface area contributed by atoms with Crippen LogP contribution in [0.5, 0.6) is 5.75 Å². The Morgan fingerprint density at radius 1 is 1.30 bits per heavy atom. The van der Waals surface area contributed by atoms with Gasteiger partial charge in [0.15, 0.2) is 0 Å². The molecule has 2 atom stereocenters. The number of hydrogen-bond acceptors (Lipinski definition) is 7. The number of rotatable bonds is 9. The maximum absolute atomic E-state index is 12.2. The maximum atomic E-state index is 12.2. The number of hydrogen-bond donors (Lipinski definition) is 1. The van der Waals surface area contributed by atoms with Crippen LogP contribution in [0.15, 0.2) is 42.7 Å². The van der Waals surface area contributed by atoms with Crippen LogP contribution in [0.4, 0.5) is 0 Å². The second kappa shape index (κ2) is 11.0. The second-order valence-corrected chi connectivity index (χ2v) is 10.8. The third kappa shape index (κ3) is 6.17. The van der Waals surface area contributed by atoms with Gasteiger partial charge >= 0.3 is 5.97 Å². The van der Waals surface area contributed by atoms with E-state index < -0.39 is 17.5 Å². The van der Waals surface area contributed by atoms with Crippen molar-refractivity contribution in [2.45, 2.75) is 66.5 Å². The number of aromatic nitrogens is 4. The van der Waals surface area contributed by atoms with E-state index in [-0.39, 0.29) is 12.7 Å². The quantitative estimate of drug-likeness (QED) is 0.457. The van der Waals surface area contributed by atoms with E-state index in [0.717, 1.165) is 34.7 Å². The first kappa shape index (κ1) is 26.8. The molecule has 1 aromatic carbocycles. The fraction of sp³-hybridized carbons (Fsp3) is 0.500. The molecule has 1 aliphatic rings. The molecule has 37 heavy (non-hydrogen) atoms. The van der Waals surface area contributed by atoms with Crippen LogP contribution in [-0.2, 0) is 36.3 Å². The van der Waals surface area contributed by atoms with E-state index in [1.165, 1.54) is 0 Å². The van der Waals surface area contributed by atoms with Gasteiger partial charge in [0.1, 0.15) is 17.5 Å². The van der Waals surface area contributed by atoms with Crippen LogP contribution in [0.3, 0.4) is 0 Å². The summed E-state index contributed by atoms with van der Waals surface area (Å²) >= 11 is 0. The number of benzene rings is 1. The number of nitrogens with zero attached hydrogens (tertiary/aromatic N) is 5. The van der Waals surface area contributed by atoms with E-state index in [2.05, 4.69) is 47.0 Å². The molecule has 1 N–H and O–H groups in total. The zero-order chi connectivity index (χ0) is 26.7. The van der Waals surface area contributed by atoms with E-state index in [0.29, 0.717) is 24.7 Å². The van der Waals surface area contributed by atoms with Gasteiger partial charge in [-0.25, -0.2) is 0 Å². The fourth-order valence-corrected chi connectivity index (χ4v) is 4.58. The van der Waals surface area contributed by atoms with Crippen LogP contribution in [0.2, 0.25) is 0 Å². The predicted octanol–water partition coefficient (Wildman–Crippen LogP) is 4.31. The van der Waals surface area contributed by atoms with Crippen LogP contribution in [-0.4, -0.2) is 48.6 Å². The Balaban J connectivity index is 1.62. The Morgan fingerprint density at radius 2 is 2.08 bits per heavy atom. The van der Waals surface area contributed by atoms with E-state index in [9.17, 15) is 9.90 Å². The molecule has 2 aromatic heterocycles. The molecular weight excluding hydrogens is 470 g/mol. The molecule has 0 amide bonds. The predicted molar refractivity (Wildman–Crippen MR) is 139 cm³/mol. The van der Waals surface area contributed by atoms with Gasteiger partial charge in [0.05, 0.1) is 30.0 Å². The zero-order valence-corrected chi connectivity index (χ0v) is 22.5. The Labute approximate surface area is 218 Å². The maximum Gasteiger partial charge on any atom is 0.312 e. The zero-order valence-electron chi connectivity index (χ0n) is 22.5. The van der Waals surface area contributed by atoms with Gasteiger partial charge in [-0.05, 0) is 55.5 Å². The van der Waals surface area contributed by atoms with Gasteiger partial charge < -0.3 is 14.6 Å². The minimum atomic E-state index is -1.16. The van der Waals surface area contributed by atoms with Gasteiger partial charge in [-0.15, -0.1) is 5.10 Å². The second-order valence-electron chi connectivity index (χ2n) is 10.8. The molecular formula is C28H37N5O4. The Kier molecular flexibility index (Phi) is 7.94. The number of fused-ring (bicyclic) bond motifs is 1. The van der Waals surface area contributed by atoms with Crippen LogP contribution in [0.1, 0.15) is 61.9 Å². The highest BCUT2D eigenvalue weighted by molar-refractivity contribution is 5.74. The van der Waals surface area contributed by atoms with Crippen molar-refractivity contribution < 1.29 is 19.4 Å². The van der Waals surface area contributed by atoms with Crippen LogP contribution >= 0.6 is 0 Å². The summed E-state index contributed by atoms with van der Waals surface area (Å²) in [5, 5.41) is 18.1. The molecule has 9 nitrogen and oxygen atoms in total. The molecule has 9 heteroatoms. The van der Waals surface area contributed by atoms with Gasteiger partial charge in [-0.3, -0.25) is 19.4 Å². The lowest BCUT2D eigenvalue weighted by molar-refractivity contribution is -0.158. The molecule has 1 unspecified atom stereocenters. The number of carbonyl (C=O) groups is 1. The Bertz CT molecular complexity index is 1240. The Hall–Kier alpha value is -3.30. The first-order valence-corrected chi connectivity index (χ1v) is 12.7. The normalized spacial score (nSPS) is 17.2. The van der Waals surface area contributed by atoms with Crippen LogP contribution < -0.4 is 4.74 Å². The molecule has 0 fully saturated rings. The van der Waals surface area contributed by atoms with E-state index in [1.807, 2.05) is 24.3 Å². The minimum absolute atomic E-state index is 0.0444. The number of aliphatic carboxylic acids is 1. The van der Waals surface area contributed by atoms with Crippen molar-refractivity contribution in [1.82, 2.24) is 24.9 Å². The van der Waals surface area contributed by atoms with Crippen LogP contribution in [0, 0.1) is 18.3 Å². The number of pyridine rings is 1. The van der Waals surface area contributed by atoms with Crippen molar-refractivity contribution in [3.8, 4) is 5.75 Å². The number of carboxylic acids is 1. The van der Waals surface area contributed by atoms with Gasteiger partial charge in [0, 0.05) is 32.9 Å². The highest BCUT2D eigenvalue weighted by Crippen LogP contribution is 2.38. The van der Waals surface area contributed by atoms with Crippen molar-refractivity contribution in [2.75, 3.05) is 6.54 Å². The summed E-state index contributed by atoms with van der Waals surface area (Å²) in [7, 11) is 1.78. The highest BCUT2D eigenvalue weighted by atomic mass is 16.5. The summed E-state index contributed by atoms with van der Waals surface area (Å²) in [4.78, 5) is 19.2. The summed E-state index contributed by atoms with van der Waals surface area (Å²) in [6, 6.07) is 9.98. The Morgan fingerprint density at radius 3 is 2.76 bits per heavy atom. The summed E-state index contributed by atoms with van der Waals surface area (Å²) in [5.74, 6) is 0.261. The van der Waals surface area contributed by atoms with Crippen LogP contribution in [0.25, 0.3) is 0 Å². The lowest BCUT2D eigenvalue weighted by atomic mass is 9.81. The van der Waals surface area contributed by atoms with Gasteiger partial charge in [-0.2, -0.15) is 0 Å². The average Bonchev–Trinajstić information content (AvgIpc) is 3.16. The van der Waals surface area contributed by atoms with E-state index >= 15 is 0 Å². The molecule has 0 aliphatic carbocycles. The van der Waals surface area contributed by atoms with Gasteiger partial charge in [0.25, 0.3) is 0 Å². The minimum Gasteiger partial charge on any atom is -0.487 e. The summed E-state index contributed by atoms with van der Waals surface area (Å²) in [6.45, 7) is 12.1. The number of carboxylic acid groups (broad SMARTS) is 1. The van der Waals surface area contributed by atoms with Crippen molar-refractivity contribution in [3.05, 3.63) is 70.8 Å². The lowest BCUT2D eigenvalue weighted by Crippen LogP contribution is -2.36. The summed E-state index contributed by atoms with van der Waals surface area (Å²) in [5.41, 5.74) is 3.50. The smallest absolute Gasteiger partial charge is 0.312 e. The molecule has 3 heterocycles. The standard InChI is InChI=1S/C28H37N5O4/c1-18(2)25-16-33(15-23-24(37-25)8-7-11-29-23)13-21-12-20(10-9-19(21)3)26(28(4,5)27(34)35)36-17-22-14-32(6)31-30-22/h7-12,14,18,25-26H,13,15-17H2,1-6H3,(H,34,35)/t25-,26?/m0/s1. The summed E-state index contributed by atoms with van der Waals surface area (Å²) in [6.07, 6.45) is 2.94. The molecule has 0 saturated carbocycles. The van der Waals surface area contributed by atoms with E-state index in [1.54, 1.807) is 38.0 Å². The molecule has 198 valence electrons. The molecule has 0 saturated heterocycles. The van der Waals surface area contributed by atoms with Gasteiger partial charge in [-0.1, -0.05) is 37.3 Å². The molecule has 0 bridgehead atoms. The monoisotopic (exact) mass is 507 g/mol. The topological polar surface area (TPSA) is 103 Å². The number of aryl methyl sites for hydroxylation is 2. The third-order valence-electron chi connectivity index (χ3n) is 7.01. The first-order valence-electron chi connectivity index (χ1n) is 12.7. The molecule has 4 rings (SSSR count). The third-order valence-corrected chi connectivity index (χ3v) is 7.01. The van der Waals surface area contributed by atoms with Crippen molar-refractivity contribution in [3.63, 3.8) is 0 Å². The first-order chi connectivity index (χ1) is 17.5. The molecule has 0 radical (unpaired) electrons. The number of ether oxygens (including phenoxy) is 2. The van der Waals surface area contributed by atoms with Crippen molar-refractivity contribution in [2.24, 2.45) is 18.4 Å². The van der Waals surface area contributed by atoms with Gasteiger partial charge in [0.2, 0.25) is 0 Å². The SMILES string of the molecule is Cc1ccc(C(OCc2cn(C)nn2)C(C)(C)C(=O)O)cc1CN1Cc2ncccc2O[C@H](C(C)C)C1. The van der Waals surface area contributed by atoms with Crippen molar-refractivity contribution in [1.29, 1.82) is 0 Å². The lowest BCUT2D eigenvalue weighted by Gasteiger charge is -2.31. The molecule has 0 spiro atoms. The fourth-order valence-electron chi connectivity index (χ4n) is 4.58. The van der Waals surface area contributed by atoms with E-state index in [4.69, 9.17) is 9.47 Å². The average molecular weight is 508 g/mol.